The Kier molecular flexibility index (Phi) is 12.9. The number of sulfonamides is 2. The zero-order valence-electron chi connectivity index (χ0n) is 29.6. The lowest BCUT2D eigenvalue weighted by molar-refractivity contribution is -0.00834. The van der Waals surface area contributed by atoms with Gasteiger partial charge < -0.3 is 28.7 Å². The van der Waals surface area contributed by atoms with Crippen LogP contribution in [-0.2, 0) is 24.8 Å². The smallest absolute Gasteiger partial charge is 0.267 e. The summed E-state index contributed by atoms with van der Waals surface area (Å²) in [4.78, 5) is 15.9. The topological polar surface area (TPSA) is 178 Å². The van der Waals surface area contributed by atoms with Gasteiger partial charge in [-0.1, -0.05) is 12.1 Å². The summed E-state index contributed by atoms with van der Waals surface area (Å²) in [5.41, 5.74) is 0.403. The van der Waals surface area contributed by atoms with Crippen molar-refractivity contribution in [3.8, 4) is 11.5 Å². The van der Waals surface area contributed by atoms with Crippen molar-refractivity contribution < 1.29 is 45.5 Å². The van der Waals surface area contributed by atoms with E-state index in [1.54, 1.807) is 25.1 Å². The number of fused-ring (bicyclic) bond motifs is 1. The molecule has 0 bridgehead atoms. The summed E-state index contributed by atoms with van der Waals surface area (Å²) < 4.78 is 80.2. The first-order chi connectivity index (χ1) is 23.6. The van der Waals surface area contributed by atoms with Gasteiger partial charge in [0, 0.05) is 38.3 Å². The Balaban J connectivity index is 1.68. The number of nitrogens with zero attached hydrogens (tertiary/aromatic N) is 3. The third-order valence-corrected chi connectivity index (χ3v) is 12.2. The van der Waals surface area contributed by atoms with Gasteiger partial charge in [0.05, 0.1) is 42.4 Å². The van der Waals surface area contributed by atoms with Gasteiger partial charge in [0.2, 0.25) is 10.0 Å². The van der Waals surface area contributed by atoms with E-state index in [1.165, 1.54) is 61.5 Å². The zero-order valence-corrected chi connectivity index (χ0v) is 31.2. The molecule has 2 heterocycles. The molecule has 14 nitrogen and oxygen atoms in total. The quantitative estimate of drug-likeness (QED) is 0.305. The fourth-order valence-electron chi connectivity index (χ4n) is 5.79. The molecule has 16 heteroatoms. The number of carbonyl (C=O) groups excluding carboxylic acids is 1. The number of anilines is 1. The highest BCUT2D eigenvalue weighted by molar-refractivity contribution is 7.92. The molecule has 2 aromatic carbocycles. The minimum Gasteiger partial charge on any atom is -0.497 e. The highest BCUT2D eigenvalue weighted by atomic mass is 32.2. The Bertz CT molecular complexity index is 1810. The molecular formula is C34H48N4O10S2. The van der Waals surface area contributed by atoms with Gasteiger partial charge in [-0.3, -0.25) is 9.52 Å². The highest BCUT2D eigenvalue weighted by Gasteiger charge is 2.33. The van der Waals surface area contributed by atoms with Gasteiger partial charge in [0.1, 0.15) is 17.2 Å². The largest absolute Gasteiger partial charge is 0.497 e. The number of aromatic nitrogens is 1. The zero-order chi connectivity index (χ0) is 36.8. The number of aliphatic hydroxyl groups excluding tert-OH is 1. The standard InChI is InChI=1S/C34H48N4O10S2/c1-22-19-38(23(2)21-39)34(40)30-18-27(36-49(41,42)33-25(4)35-48-26(33)5)11-16-31(30)47-24(3)10-8-9-17-46-32(22)20-37(6)50(43,44)29-14-12-28(45-7)13-15-29/h11-16,18,22-24,32,36,39H,8-10,17,19-21H2,1-7H3/t22-,23-,24+,32-/m1/s1. The lowest BCUT2D eigenvalue weighted by Gasteiger charge is -2.35. The van der Waals surface area contributed by atoms with Crippen molar-refractivity contribution in [1.29, 1.82) is 0 Å². The summed E-state index contributed by atoms with van der Waals surface area (Å²) in [7, 11) is -5.02. The average molecular weight is 737 g/mol. The first-order valence-electron chi connectivity index (χ1n) is 16.5. The van der Waals surface area contributed by atoms with E-state index in [2.05, 4.69) is 9.88 Å². The Morgan fingerprint density at radius 2 is 1.80 bits per heavy atom. The molecule has 3 aromatic rings. The molecule has 0 saturated carbocycles. The average Bonchev–Trinajstić information content (AvgIpc) is 3.43. The van der Waals surface area contributed by atoms with Crippen molar-refractivity contribution >= 4 is 31.6 Å². The summed E-state index contributed by atoms with van der Waals surface area (Å²) in [5, 5.41) is 14.0. The molecular weight excluding hydrogens is 689 g/mol. The number of carbonyl (C=O) groups is 1. The van der Waals surface area contributed by atoms with Crippen LogP contribution in [0.2, 0.25) is 0 Å². The summed E-state index contributed by atoms with van der Waals surface area (Å²) in [6, 6.07) is 9.95. The van der Waals surface area contributed by atoms with E-state index in [9.17, 15) is 26.7 Å². The van der Waals surface area contributed by atoms with Crippen molar-refractivity contribution in [1.82, 2.24) is 14.4 Å². The number of rotatable bonds is 10. The highest BCUT2D eigenvalue weighted by Crippen LogP contribution is 2.31. The van der Waals surface area contributed by atoms with Crippen LogP contribution in [0.1, 0.15) is 61.8 Å². The number of nitrogens with one attached hydrogen (secondary N) is 1. The molecule has 50 heavy (non-hydrogen) atoms. The van der Waals surface area contributed by atoms with Crippen molar-refractivity contribution in [3.63, 3.8) is 0 Å². The number of hydrogen-bond donors (Lipinski definition) is 2. The van der Waals surface area contributed by atoms with Crippen LogP contribution < -0.4 is 14.2 Å². The number of likely N-dealkylation sites (N-methyl/N-ethyl adjacent to an activating group) is 1. The Hall–Kier alpha value is -3.70. The molecule has 2 N–H and O–H groups in total. The van der Waals surface area contributed by atoms with E-state index in [0.717, 1.165) is 6.42 Å². The lowest BCUT2D eigenvalue weighted by Crippen LogP contribution is -2.48. The van der Waals surface area contributed by atoms with Gasteiger partial charge in [0.25, 0.3) is 15.9 Å². The maximum Gasteiger partial charge on any atom is 0.267 e. The maximum atomic E-state index is 14.4. The molecule has 4 atom stereocenters. The van der Waals surface area contributed by atoms with Crippen molar-refractivity contribution in [2.75, 3.05) is 45.2 Å². The molecule has 1 aliphatic heterocycles. The van der Waals surface area contributed by atoms with Gasteiger partial charge in [-0.25, -0.2) is 16.8 Å². The Labute approximate surface area is 294 Å². The number of ether oxygens (including phenoxy) is 3. The van der Waals surface area contributed by atoms with Gasteiger partial charge in [-0.2, -0.15) is 4.31 Å². The number of amides is 1. The van der Waals surface area contributed by atoms with E-state index in [4.69, 9.17) is 18.7 Å². The summed E-state index contributed by atoms with van der Waals surface area (Å²) in [6.45, 7) is 8.56. The molecule has 0 saturated heterocycles. The SMILES string of the molecule is COc1ccc(S(=O)(=O)N(C)C[C@H]2OCCCC[C@H](C)Oc3ccc(NS(=O)(=O)c4c(C)noc4C)cc3C(=O)N([C@H](C)CO)C[C@H]2C)cc1. The van der Waals surface area contributed by atoms with Crippen LogP contribution in [-0.4, -0.2) is 101 Å². The third-order valence-electron chi connectivity index (χ3n) is 8.75. The van der Waals surface area contributed by atoms with Crippen LogP contribution in [0.25, 0.3) is 0 Å². The number of aliphatic hydroxyl groups is 1. The number of benzene rings is 2. The van der Waals surface area contributed by atoms with E-state index in [-0.39, 0.29) is 64.0 Å². The number of methoxy groups -OCH3 is 1. The van der Waals surface area contributed by atoms with Crippen LogP contribution in [0.15, 0.2) is 56.8 Å². The van der Waals surface area contributed by atoms with E-state index >= 15 is 0 Å². The minimum absolute atomic E-state index is 0.00873. The van der Waals surface area contributed by atoms with Crippen molar-refractivity contribution in [2.45, 2.75) is 81.9 Å². The maximum absolute atomic E-state index is 14.4. The first-order valence-corrected chi connectivity index (χ1v) is 19.4. The molecule has 0 radical (unpaired) electrons. The van der Waals surface area contributed by atoms with Gasteiger partial charge >= 0.3 is 0 Å². The molecule has 0 aliphatic carbocycles. The molecule has 1 aromatic heterocycles. The molecule has 1 aliphatic rings. The Morgan fingerprint density at radius 3 is 2.42 bits per heavy atom. The van der Waals surface area contributed by atoms with E-state index in [0.29, 0.717) is 25.2 Å². The van der Waals surface area contributed by atoms with Gasteiger partial charge in [0.15, 0.2) is 10.7 Å². The van der Waals surface area contributed by atoms with Gasteiger partial charge in [-0.05, 0) is 89.4 Å². The van der Waals surface area contributed by atoms with Crippen molar-refractivity contribution in [3.05, 3.63) is 59.5 Å². The molecule has 0 fully saturated rings. The van der Waals surface area contributed by atoms with Crippen LogP contribution in [0.3, 0.4) is 0 Å². The molecule has 276 valence electrons. The summed E-state index contributed by atoms with van der Waals surface area (Å²) >= 11 is 0. The molecule has 4 rings (SSSR count). The number of hydrogen-bond acceptors (Lipinski definition) is 11. The fourth-order valence-corrected chi connectivity index (χ4v) is 8.36. The van der Waals surface area contributed by atoms with Gasteiger partial charge in [-0.15, -0.1) is 0 Å². The predicted octanol–water partition coefficient (Wildman–Crippen LogP) is 4.22. The molecule has 1 amide bonds. The van der Waals surface area contributed by atoms with Crippen LogP contribution in [0.5, 0.6) is 11.5 Å². The van der Waals surface area contributed by atoms with Crippen LogP contribution >= 0.6 is 0 Å². The third kappa shape index (κ3) is 9.15. The van der Waals surface area contributed by atoms with E-state index < -0.39 is 44.0 Å². The Morgan fingerprint density at radius 1 is 1.10 bits per heavy atom. The second kappa shape index (κ2) is 16.5. The fraction of sp³-hybridized carbons (Fsp3) is 0.529. The monoisotopic (exact) mass is 736 g/mol. The summed E-state index contributed by atoms with van der Waals surface area (Å²) in [6.07, 6.45) is 1.16. The van der Waals surface area contributed by atoms with E-state index in [1.807, 2.05) is 13.8 Å². The minimum atomic E-state index is -4.12. The van der Waals surface area contributed by atoms with Crippen molar-refractivity contribution in [2.24, 2.45) is 5.92 Å². The molecule has 0 unspecified atom stereocenters. The van der Waals surface area contributed by atoms with Crippen LogP contribution in [0.4, 0.5) is 5.69 Å². The molecule has 0 spiro atoms. The van der Waals surface area contributed by atoms with Crippen LogP contribution in [0, 0.1) is 19.8 Å². The first kappa shape index (κ1) is 39.1. The normalized spacial score (nSPS) is 20.5. The second-order valence-corrected chi connectivity index (χ2v) is 16.4. The summed E-state index contributed by atoms with van der Waals surface area (Å²) in [5.74, 6) is 0.0185. The lowest BCUT2D eigenvalue weighted by atomic mass is 10.0. The number of aryl methyl sites for hydroxylation is 2. The second-order valence-electron chi connectivity index (χ2n) is 12.7. The predicted molar refractivity (Wildman–Crippen MR) is 186 cm³/mol.